The van der Waals surface area contributed by atoms with Gasteiger partial charge in [-0.2, -0.15) is 0 Å². The van der Waals surface area contributed by atoms with E-state index in [9.17, 15) is 0 Å². The fraction of sp³-hybridized carbons (Fsp3) is 0.333. The number of nitrogens with one attached hydrogen (secondary N) is 1. The van der Waals surface area contributed by atoms with Gasteiger partial charge in [0.05, 0.1) is 6.61 Å². The summed E-state index contributed by atoms with van der Waals surface area (Å²) in [7, 11) is 0. The van der Waals surface area contributed by atoms with E-state index in [1.807, 2.05) is 44.2 Å². The maximum absolute atomic E-state index is 5.43. The molecule has 0 aliphatic heterocycles. The van der Waals surface area contributed by atoms with Gasteiger partial charge in [0.1, 0.15) is 22.8 Å². The highest BCUT2D eigenvalue weighted by Crippen LogP contribution is 2.21. The first-order valence-corrected chi connectivity index (χ1v) is 7.05. The van der Waals surface area contributed by atoms with Crippen molar-refractivity contribution in [3.63, 3.8) is 0 Å². The first-order chi connectivity index (χ1) is 9.72. The Hall–Kier alpha value is -1.72. The van der Waals surface area contributed by atoms with Gasteiger partial charge in [-0.15, -0.1) is 0 Å². The number of benzene rings is 1. The molecule has 1 N–H and O–H groups in total. The molecule has 1 aromatic heterocycles. The Morgan fingerprint density at radius 2 is 1.90 bits per heavy atom. The van der Waals surface area contributed by atoms with Crippen molar-refractivity contribution in [3.8, 4) is 17.0 Å². The van der Waals surface area contributed by atoms with E-state index >= 15 is 0 Å². The molecule has 0 atom stereocenters. The van der Waals surface area contributed by atoms with Crippen LogP contribution < -0.4 is 4.74 Å². The summed E-state index contributed by atoms with van der Waals surface area (Å²) in [5, 5.41) is 0. The number of hydrogen-bond acceptors (Lipinski definition) is 4. The average molecular weight is 290 g/mol. The molecule has 0 aliphatic carbocycles. The Bertz CT molecular complexity index is 608. The average Bonchev–Trinajstić information content (AvgIpc) is 2.46. The van der Waals surface area contributed by atoms with Gasteiger partial charge >= 0.3 is 0 Å². The first kappa shape index (κ1) is 14.7. The van der Waals surface area contributed by atoms with Gasteiger partial charge in [0.25, 0.3) is 0 Å². The Labute approximate surface area is 123 Å². The molecule has 4 nitrogen and oxygen atoms in total. The molecule has 20 heavy (non-hydrogen) atoms. The van der Waals surface area contributed by atoms with Crippen LogP contribution in [-0.4, -0.2) is 23.2 Å². The van der Waals surface area contributed by atoms with Crippen LogP contribution in [0.3, 0.4) is 0 Å². The number of aromatic nitrogens is 2. The van der Waals surface area contributed by atoms with Crippen LogP contribution in [0.25, 0.3) is 11.3 Å². The fourth-order valence-corrected chi connectivity index (χ4v) is 2.06. The van der Waals surface area contributed by atoms with Crippen molar-refractivity contribution in [2.24, 2.45) is 0 Å². The monoisotopic (exact) mass is 290 g/mol. The number of nitrogens with zero attached hydrogens (tertiary/aromatic N) is 1. The molecule has 0 spiro atoms. The predicted molar refractivity (Wildman–Crippen MR) is 81.4 cm³/mol. The van der Waals surface area contributed by atoms with E-state index in [-0.39, 0.29) is 0 Å². The Morgan fingerprint density at radius 1 is 1.15 bits per heavy atom. The standard InChI is InChI=1S/C15H18N2O2S/c1-3-18-10-14-16-13(9-15(20)17-14)11-5-7-12(8-6-11)19-4-2/h5-9H,3-4,10H2,1-2H3,(H,16,17,20). The second-order valence-corrected chi connectivity index (χ2v) is 4.59. The predicted octanol–water partition coefficient (Wildman–Crippen LogP) is 3.74. The summed E-state index contributed by atoms with van der Waals surface area (Å²) in [6, 6.07) is 9.73. The molecule has 106 valence electrons. The number of rotatable bonds is 6. The van der Waals surface area contributed by atoms with Crippen molar-refractivity contribution in [1.29, 1.82) is 0 Å². The van der Waals surface area contributed by atoms with Gasteiger partial charge in [0.15, 0.2) is 0 Å². The van der Waals surface area contributed by atoms with Crippen molar-refractivity contribution in [2.45, 2.75) is 20.5 Å². The highest BCUT2D eigenvalue weighted by atomic mass is 32.1. The smallest absolute Gasteiger partial charge is 0.134 e. The van der Waals surface area contributed by atoms with Crippen LogP contribution in [0.5, 0.6) is 5.75 Å². The van der Waals surface area contributed by atoms with Crippen molar-refractivity contribution in [2.75, 3.05) is 13.2 Å². The van der Waals surface area contributed by atoms with Gasteiger partial charge in [0.2, 0.25) is 0 Å². The first-order valence-electron chi connectivity index (χ1n) is 6.64. The summed E-state index contributed by atoms with van der Waals surface area (Å²) in [4.78, 5) is 7.50. The summed E-state index contributed by atoms with van der Waals surface area (Å²) in [5.74, 6) is 1.60. The molecule has 1 aromatic carbocycles. The fourth-order valence-electron chi connectivity index (χ4n) is 1.83. The van der Waals surface area contributed by atoms with E-state index in [1.54, 1.807) is 0 Å². The Morgan fingerprint density at radius 3 is 2.55 bits per heavy atom. The highest BCUT2D eigenvalue weighted by molar-refractivity contribution is 7.71. The second kappa shape index (κ2) is 7.17. The van der Waals surface area contributed by atoms with E-state index < -0.39 is 0 Å². The lowest BCUT2D eigenvalue weighted by atomic mass is 10.1. The van der Waals surface area contributed by atoms with E-state index in [0.717, 1.165) is 22.8 Å². The molecule has 0 unspecified atom stereocenters. The minimum atomic E-state index is 0.436. The van der Waals surface area contributed by atoms with E-state index in [4.69, 9.17) is 21.7 Å². The lowest BCUT2D eigenvalue weighted by Crippen LogP contribution is -2.00. The Kier molecular flexibility index (Phi) is 5.26. The van der Waals surface area contributed by atoms with Crippen LogP contribution in [0.2, 0.25) is 0 Å². The minimum Gasteiger partial charge on any atom is -0.494 e. The molecule has 2 rings (SSSR count). The summed E-state index contributed by atoms with van der Waals surface area (Å²) >= 11 is 5.19. The lowest BCUT2D eigenvalue weighted by molar-refractivity contribution is 0.128. The summed E-state index contributed by atoms with van der Waals surface area (Å²) < 4.78 is 11.3. The van der Waals surface area contributed by atoms with Crippen molar-refractivity contribution >= 4 is 12.2 Å². The molecule has 2 aromatic rings. The molecule has 0 amide bonds. The summed E-state index contributed by atoms with van der Waals surface area (Å²) in [6.45, 7) is 5.66. The minimum absolute atomic E-state index is 0.436. The zero-order valence-electron chi connectivity index (χ0n) is 11.7. The number of hydrogen-bond donors (Lipinski definition) is 1. The zero-order valence-corrected chi connectivity index (χ0v) is 12.5. The summed E-state index contributed by atoms with van der Waals surface area (Å²) in [6.07, 6.45) is 0. The molecule has 0 radical (unpaired) electrons. The maximum atomic E-state index is 5.43. The van der Waals surface area contributed by atoms with Crippen LogP contribution in [0.15, 0.2) is 30.3 Å². The quantitative estimate of drug-likeness (QED) is 0.823. The van der Waals surface area contributed by atoms with E-state index in [0.29, 0.717) is 24.5 Å². The van der Waals surface area contributed by atoms with Gasteiger partial charge < -0.3 is 14.5 Å². The third kappa shape index (κ3) is 3.88. The number of H-pyrrole nitrogens is 1. The van der Waals surface area contributed by atoms with Crippen molar-refractivity contribution in [3.05, 3.63) is 40.8 Å². The number of aromatic amines is 1. The maximum Gasteiger partial charge on any atom is 0.134 e. The van der Waals surface area contributed by atoms with Gasteiger partial charge in [-0.3, -0.25) is 0 Å². The topological polar surface area (TPSA) is 47.1 Å². The van der Waals surface area contributed by atoms with Crippen LogP contribution >= 0.6 is 12.2 Å². The molecular formula is C15H18N2O2S. The molecule has 0 fully saturated rings. The Balaban J connectivity index is 2.27. The van der Waals surface area contributed by atoms with Crippen LogP contribution in [0, 0.1) is 4.64 Å². The van der Waals surface area contributed by atoms with Gasteiger partial charge in [-0.1, -0.05) is 12.2 Å². The van der Waals surface area contributed by atoms with E-state index in [2.05, 4.69) is 9.97 Å². The number of ether oxygens (including phenoxy) is 2. The van der Waals surface area contributed by atoms with Crippen LogP contribution in [0.4, 0.5) is 0 Å². The molecular weight excluding hydrogens is 272 g/mol. The van der Waals surface area contributed by atoms with Crippen molar-refractivity contribution < 1.29 is 9.47 Å². The third-order valence-electron chi connectivity index (χ3n) is 2.71. The van der Waals surface area contributed by atoms with Gasteiger partial charge in [-0.25, -0.2) is 4.98 Å². The largest absolute Gasteiger partial charge is 0.494 e. The molecule has 0 bridgehead atoms. The molecule has 0 saturated carbocycles. The molecule has 1 heterocycles. The third-order valence-corrected chi connectivity index (χ3v) is 2.92. The highest BCUT2D eigenvalue weighted by Gasteiger charge is 2.03. The van der Waals surface area contributed by atoms with Gasteiger partial charge in [0, 0.05) is 12.3 Å². The van der Waals surface area contributed by atoms with Crippen LogP contribution in [0.1, 0.15) is 19.7 Å². The summed E-state index contributed by atoms with van der Waals surface area (Å²) in [5.41, 5.74) is 1.97. The zero-order chi connectivity index (χ0) is 14.4. The normalized spacial score (nSPS) is 10.5. The van der Waals surface area contributed by atoms with E-state index in [1.165, 1.54) is 0 Å². The SMILES string of the molecule is CCOCc1nc(=S)cc(-c2ccc(OCC)cc2)[nH]1. The molecule has 0 aliphatic rings. The van der Waals surface area contributed by atoms with Gasteiger partial charge in [-0.05, 0) is 49.7 Å². The molecule has 5 heteroatoms. The van der Waals surface area contributed by atoms with Crippen molar-refractivity contribution in [1.82, 2.24) is 9.97 Å². The lowest BCUT2D eigenvalue weighted by Gasteiger charge is -2.08. The second-order valence-electron chi connectivity index (χ2n) is 4.17. The van der Waals surface area contributed by atoms with Crippen LogP contribution in [-0.2, 0) is 11.3 Å². The molecule has 0 saturated heterocycles.